The van der Waals surface area contributed by atoms with Crippen molar-refractivity contribution in [3.63, 3.8) is 0 Å². The Hall–Kier alpha value is -1.55. The molecule has 136 valence electrons. The molecule has 2 N–H and O–H groups in total. The third-order valence-corrected chi connectivity index (χ3v) is 6.25. The van der Waals surface area contributed by atoms with Gasteiger partial charge in [-0.3, -0.25) is 9.89 Å². The van der Waals surface area contributed by atoms with E-state index in [1.54, 1.807) is 0 Å². The van der Waals surface area contributed by atoms with Crippen molar-refractivity contribution in [3.8, 4) is 6.07 Å². The molecule has 2 aliphatic carbocycles. The van der Waals surface area contributed by atoms with Crippen molar-refractivity contribution in [2.24, 2.45) is 5.92 Å². The van der Waals surface area contributed by atoms with E-state index in [2.05, 4.69) is 26.6 Å². The molecule has 0 aliphatic heterocycles. The van der Waals surface area contributed by atoms with Crippen molar-refractivity contribution in [2.45, 2.75) is 81.3 Å². The second-order valence-electron chi connectivity index (χ2n) is 7.35. The standard InChI is InChI=1S/C18H27N5OS/c19-13-18(10-4-1-5-11-18)21-16(24)12-25-17-20-15(22-23-17)9-8-14-6-2-3-7-14/h14H,1-12H2,(H,21,24)(H,20,22,23). The van der Waals surface area contributed by atoms with Crippen molar-refractivity contribution in [1.29, 1.82) is 5.26 Å². The Morgan fingerprint density at radius 1 is 1.28 bits per heavy atom. The summed E-state index contributed by atoms with van der Waals surface area (Å²) in [4.78, 5) is 16.7. The fourth-order valence-corrected chi connectivity index (χ4v) is 4.56. The van der Waals surface area contributed by atoms with Gasteiger partial charge in [0.1, 0.15) is 11.4 Å². The van der Waals surface area contributed by atoms with Crippen molar-refractivity contribution in [3.05, 3.63) is 5.82 Å². The van der Waals surface area contributed by atoms with E-state index in [-0.39, 0.29) is 11.7 Å². The average molecular weight is 362 g/mol. The Balaban J connectivity index is 1.42. The van der Waals surface area contributed by atoms with Crippen LogP contribution in [0.1, 0.15) is 70.0 Å². The number of rotatable bonds is 7. The Kier molecular flexibility index (Phi) is 6.35. The molecule has 1 amide bonds. The number of hydrogen-bond donors (Lipinski definition) is 2. The molecule has 2 saturated carbocycles. The number of aromatic amines is 1. The van der Waals surface area contributed by atoms with Gasteiger partial charge in [-0.15, -0.1) is 5.10 Å². The molecule has 0 spiro atoms. The van der Waals surface area contributed by atoms with Crippen LogP contribution in [0.5, 0.6) is 0 Å². The highest BCUT2D eigenvalue weighted by Gasteiger charge is 2.33. The number of carbonyl (C=O) groups excluding carboxylic acids is 1. The van der Waals surface area contributed by atoms with Gasteiger partial charge in [0.15, 0.2) is 0 Å². The summed E-state index contributed by atoms with van der Waals surface area (Å²) in [6, 6.07) is 2.32. The number of nitrogens with zero attached hydrogens (tertiary/aromatic N) is 3. The summed E-state index contributed by atoms with van der Waals surface area (Å²) >= 11 is 1.33. The normalized spacial score (nSPS) is 20.3. The van der Waals surface area contributed by atoms with Gasteiger partial charge < -0.3 is 5.32 Å². The number of hydrogen-bond acceptors (Lipinski definition) is 5. The smallest absolute Gasteiger partial charge is 0.231 e. The fraction of sp³-hybridized carbons (Fsp3) is 0.778. The molecule has 7 heteroatoms. The number of thioether (sulfide) groups is 1. The van der Waals surface area contributed by atoms with E-state index < -0.39 is 5.54 Å². The molecule has 0 aromatic carbocycles. The molecule has 2 fully saturated rings. The van der Waals surface area contributed by atoms with Gasteiger partial charge in [0.05, 0.1) is 11.8 Å². The first-order valence-corrected chi connectivity index (χ1v) is 10.4. The number of amides is 1. The number of nitriles is 1. The lowest BCUT2D eigenvalue weighted by Crippen LogP contribution is -2.49. The van der Waals surface area contributed by atoms with Gasteiger partial charge in [0.25, 0.3) is 0 Å². The highest BCUT2D eigenvalue weighted by Crippen LogP contribution is 2.29. The Labute approximate surface area is 153 Å². The zero-order chi connectivity index (χ0) is 17.5. The molecule has 0 unspecified atom stereocenters. The monoisotopic (exact) mass is 361 g/mol. The maximum atomic E-state index is 12.2. The number of aromatic nitrogens is 3. The van der Waals surface area contributed by atoms with Crippen LogP contribution < -0.4 is 5.32 Å². The summed E-state index contributed by atoms with van der Waals surface area (Å²) in [5, 5.41) is 20.2. The minimum absolute atomic E-state index is 0.106. The molecule has 2 aliphatic rings. The minimum Gasteiger partial charge on any atom is -0.337 e. The zero-order valence-electron chi connectivity index (χ0n) is 14.7. The molecule has 3 rings (SSSR count). The highest BCUT2D eigenvalue weighted by molar-refractivity contribution is 7.99. The third kappa shape index (κ3) is 5.21. The highest BCUT2D eigenvalue weighted by atomic mass is 32.2. The summed E-state index contributed by atoms with van der Waals surface area (Å²) in [5.74, 6) is 1.90. The van der Waals surface area contributed by atoms with E-state index in [1.165, 1.54) is 43.9 Å². The molecule has 0 bridgehead atoms. The lowest BCUT2D eigenvalue weighted by molar-refractivity contribution is -0.120. The van der Waals surface area contributed by atoms with Crippen LogP contribution in [0.4, 0.5) is 0 Å². The number of aryl methyl sites for hydroxylation is 1. The summed E-state index contributed by atoms with van der Waals surface area (Å²) < 4.78 is 0. The maximum absolute atomic E-state index is 12.2. The van der Waals surface area contributed by atoms with Crippen LogP contribution in [0.25, 0.3) is 0 Å². The second-order valence-corrected chi connectivity index (χ2v) is 8.29. The molecule has 6 nitrogen and oxygen atoms in total. The molecule has 0 saturated heterocycles. The minimum atomic E-state index is -0.665. The quantitative estimate of drug-likeness (QED) is 0.726. The molecular formula is C18H27N5OS. The van der Waals surface area contributed by atoms with Gasteiger partial charge >= 0.3 is 0 Å². The largest absolute Gasteiger partial charge is 0.337 e. The summed E-state index contributed by atoms with van der Waals surface area (Å²) in [6.07, 6.45) is 12.2. The van der Waals surface area contributed by atoms with E-state index in [4.69, 9.17) is 0 Å². The summed E-state index contributed by atoms with van der Waals surface area (Å²) in [6.45, 7) is 0. The van der Waals surface area contributed by atoms with E-state index in [9.17, 15) is 10.1 Å². The third-order valence-electron chi connectivity index (χ3n) is 5.41. The van der Waals surface area contributed by atoms with Crippen LogP contribution in [-0.2, 0) is 11.2 Å². The molecular weight excluding hydrogens is 334 g/mol. The predicted octanol–water partition coefficient (Wildman–Crippen LogP) is 3.36. The van der Waals surface area contributed by atoms with E-state index in [0.717, 1.165) is 50.3 Å². The van der Waals surface area contributed by atoms with Gasteiger partial charge in [-0.25, -0.2) is 4.98 Å². The van der Waals surface area contributed by atoms with Gasteiger partial charge in [-0.1, -0.05) is 56.7 Å². The Morgan fingerprint density at radius 3 is 2.76 bits per heavy atom. The zero-order valence-corrected chi connectivity index (χ0v) is 15.5. The van der Waals surface area contributed by atoms with Crippen molar-refractivity contribution in [1.82, 2.24) is 20.5 Å². The van der Waals surface area contributed by atoms with Gasteiger partial charge in [0.2, 0.25) is 11.1 Å². The summed E-state index contributed by atoms with van der Waals surface area (Å²) in [7, 11) is 0. The van der Waals surface area contributed by atoms with Gasteiger partial charge in [-0.05, 0) is 25.2 Å². The predicted molar refractivity (Wildman–Crippen MR) is 97.0 cm³/mol. The van der Waals surface area contributed by atoms with Crippen LogP contribution in [0.15, 0.2) is 5.16 Å². The van der Waals surface area contributed by atoms with Crippen molar-refractivity contribution in [2.75, 3.05) is 5.75 Å². The van der Waals surface area contributed by atoms with Crippen molar-refractivity contribution >= 4 is 17.7 Å². The summed E-state index contributed by atoms with van der Waals surface area (Å²) in [5.41, 5.74) is -0.665. The molecule has 1 heterocycles. The van der Waals surface area contributed by atoms with Gasteiger partial charge in [-0.2, -0.15) is 5.26 Å². The van der Waals surface area contributed by atoms with E-state index in [0.29, 0.717) is 5.16 Å². The number of H-pyrrole nitrogens is 1. The Bertz CT molecular complexity index is 611. The number of carbonyl (C=O) groups is 1. The molecule has 1 aromatic rings. The molecule has 0 atom stereocenters. The lowest BCUT2D eigenvalue weighted by atomic mass is 9.83. The first-order valence-electron chi connectivity index (χ1n) is 9.45. The SMILES string of the molecule is N#CC1(NC(=O)CSc2n[nH]c(CCC3CCCC3)n2)CCCCC1. The first-order chi connectivity index (χ1) is 12.2. The first kappa shape index (κ1) is 18.2. The lowest BCUT2D eigenvalue weighted by Gasteiger charge is -2.31. The van der Waals surface area contributed by atoms with Crippen molar-refractivity contribution < 1.29 is 4.79 Å². The molecule has 25 heavy (non-hydrogen) atoms. The maximum Gasteiger partial charge on any atom is 0.231 e. The van der Waals surface area contributed by atoms with Crippen LogP contribution >= 0.6 is 11.8 Å². The van der Waals surface area contributed by atoms with Crippen LogP contribution in [0, 0.1) is 17.2 Å². The number of nitrogens with one attached hydrogen (secondary N) is 2. The second kappa shape index (κ2) is 8.70. The van der Waals surface area contributed by atoms with Crippen LogP contribution in [-0.4, -0.2) is 32.4 Å². The van der Waals surface area contributed by atoms with E-state index in [1.807, 2.05) is 0 Å². The molecule has 0 radical (unpaired) electrons. The fourth-order valence-electron chi connectivity index (χ4n) is 3.95. The van der Waals surface area contributed by atoms with E-state index >= 15 is 0 Å². The van der Waals surface area contributed by atoms with Gasteiger partial charge in [0, 0.05) is 6.42 Å². The average Bonchev–Trinajstić information content (AvgIpc) is 3.31. The Morgan fingerprint density at radius 2 is 2.04 bits per heavy atom. The van der Waals surface area contributed by atoms with Crippen LogP contribution in [0.2, 0.25) is 0 Å². The topological polar surface area (TPSA) is 94.5 Å². The van der Waals surface area contributed by atoms with Crippen LogP contribution in [0.3, 0.4) is 0 Å². The molecule has 1 aromatic heterocycles.